The molecule has 3 rings (SSSR count). The summed E-state index contributed by atoms with van der Waals surface area (Å²) < 4.78 is 5.15. The molecule has 4 amide bonds. The first-order chi connectivity index (χ1) is 15.9. The molecule has 1 aliphatic rings. The number of pyridine rings is 1. The number of hydrogen-bond donors (Lipinski definition) is 3. The van der Waals surface area contributed by atoms with Gasteiger partial charge in [0.15, 0.2) is 0 Å². The summed E-state index contributed by atoms with van der Waals surface area (Å²) in [6, 6.07) is 10.4. The summed E-state index contributed by atoms with van der Waals surface area (Å²) >= 11 is 0. The number of hydrogen-bond acceptors (Lipinski definition) is 5. The molecule has 0 saturated carbocycles. The first-order valence-corrected chi connectivity index (χ1v) is 11.1. The van der Waals surface area contributed by atoms with Gasteiger partial charge in [-0.1, -0.05) is 18.6 Å². The number of nitrogens with zero attached hydrogens (tertiary/aromatic N) is 2. The fourth-order valence-corrected chi connectivity index (χ4v) is 3.81. The highest BCUT2D eigenvalue weighted by atomic mass is 16.5. The van der Waals surface area contributed by atoms with Gasteiger partial charge in [0.25, 0.3) is 0 Å². The molecule has 0 aliphatic carbocycles. The van der Waals surface area contributed by atoms with Crippen molar-refractivity contribution in [2.75, 3.05) is 26.0 Å². The highest BCUT2D eigenvalue weighted by molar-refractivity contribution is 5.89. The van der Waals surface area contributed by atoms with Crippen LogP contribution >= 0.6 is 0 Å². The number of carbonyl (C=O) groups excluding carboxylic acids is 3. The van der Waals surface area contributed by atoms with Gasteiger partial charge in [0.2, 0.25) is 11.8 Å². The molecule has 9 nitrogen and oxygen atoms in total. The van der Waals surface area contributed by atoms with E-state index < -0.39 is 5.92 Å². The Morgan fingerprint density at radius 3 is 2.67 bits per heavy atom. The molecule has 176 valence electrons. The second-order valence-corrected chi connectivity index (χ2v) is 8.21. The van der Waals surface area contributed by atoms with E-state index in [1.54, 1.807) is 43.6 Å². The van der Waals surface area contributed by atoms with E-state index in [1.807, 2.05) is 24.3 Å². The number of likely N-dealkylation sites (N-methyl/N-ethyl adjacent to an activating group) is 1. The van der Waals surface area contributed by atoms with E-state index in [4.69, 9.17) is 4.74 Å². The van der Waals surface area contributed by atoms with E-state index >= 15 is 0 Å². The number of urea groups is 1. The summed E-state index contributed by atoms with van der Waals surface area (Å²) in [6.07, 6.45) is 5.31. The Kier molecular flexibility index (Phi) is 8.63. The number of amides is 4. The number of ether oxygens (including phenoxy) is 1. The van der Waals surface area contributed by atoms with E-state index in [9.17, 15) is 14.4 Å². The predicted octanol–water partition coefficient (Wildman–Crippen LogP) is 2.55. The number of rotatable bonds is 6. The molecule has 1 aromatic heterocycles. The van der Waals surface area contributed by atoms with Gasteiger partial charge in [-0.2, -0.15) is 0 Å². The molecule has 1 saturated heterocycles. The minimum absolute atomic E-state index is 0.110. The van der Waals surface area contributed by atoms with E-state index in [-0.39, 0.29) is 30.3 Å². The van der Waals surface area contributed by atoms with Crippen molar-refractivity contribution in [3.05, 3.63) is 54.4 Å². The van der Waals surface area contributed by atoms with Gasteiger partial charge in [-0.25, -0.2) is 4.79 Å². The topological polar surface area (TPSA) is 113 Å². The molecule has 1 aliphatic heterocycles. The molecule has 0 spiro atoms. The molecule has 3 N–H and O–H groups in total. The third-order valence-electron chi connectivity index (χ3n) is 5.70. The van der Waals surface area contributed by atoms with Crippen molar-refractivity contribution in [3.63, 3.8) is 0 Å². The predicted molar refractivity (Wildman–Crippen MR) is 125 cm³/mol. The molecule has 1 aromatic carbocycles. The van der Waals surface area contributed by atoms with Gasteiger partial charge in [0.05, 0.1) is 19.0 Å². The Balaban J connectivity index is 1.53. The molecule has 2 atom stereocenters. The van der Waals surface area contributed by atoms with Crippen LogP contribution in [-0.2, 0) is 16.1 Å². The van der Waals surface area contributed by atoms with E-state index in [2.05, 4.69) is 20.9 Å². The van der Waals surface area contributed by atoms with Crippen LogP contribution in [0.1, 0.15) is 31.2 Å². The molecule has 2 heterocycles. The smallest absolute Gasteiger partial charge is 0.319 e. The molecular formula is C24H31N5O4. The molecule has 9 heteroatoms. The summed E-state index contributed by atoms with van der Waals surface area (Å²) in [7, 11) is 3.31. The highest BCUT2D eigenvalue weighted by Crippen LogP contribution is 2.19. The number of nitrogens with one attached hydrogen (secondary N) is 3. The zero-order chi connectivity index (χ0) is 23.6. The van der Waals surface area contributed by atoms with Gasteiger partial charge >= 0.3 is 6.03 Å². The van der Waals surface area contributed by atoms with Gasteiger partial charge in [0, 0.05) is 44.7 Å². The molecule has 2 aromatic rings. The number of aromatic nitrogens is 1. The maximum absolute atomic E-state index is 12.8. The van der Waals surface area contributed by atoms with Gasteiger partial charge < -0.3 is 25.6 Å². The summed E-state index contributed by atoms with van der Waals surface area (Å²) in [5, 5.41) is 8.62. The lowest BCUT2D eigenvalue weighted by Gasteiger charge is -2.24. The Morgan fingerprint density at radius 1 is 1.18 bits per heavy atom. The first kappa shape index (κ1) is 24.0. The Hall–Kier alpha value is -3.62. The van der Waals surface area contributed by atoms with Crippen molar-refractivity contribution >= 4 is 23.5 Å². The molecule has 2 unspecified atom stereocenters. The van der Waals surface area contributed by atoms with Crippen LogP contribution < -0.4 is 20.7 Å². The molecule has 1 fully saturated rings. The zero-order valence-electron chi connectivity index (χ0n) is 19.0. The quantitative estimate of drug-likeness (QED) is 0.622. The average molecular weight is 454 g/mol. The summed E-state index contributed by atoms with van der Waals surface area (Å²) in [4.78, 5) is 43.4. The third kappa shape index (κ3) is 7.48. The maximum atomic E-state index is 12.8. The largest absolute Gasteiger partial charge is 0.497 e. The third-order valence-corrected chi connectivity index (χ3v) is 5.70. The fraction of sp³-hybridized carbons (Fsp3) is 0.417. The van der Waals surface area contributed by atoms with Gasteiger partial charge in [-0.05, 0) is 42.7 Å². The van der Waals surface area contributed by atoms with Gasteiger partial charge in [-0.15, -0.1) is 0 Å². The van der Waals surface area contributed by atoms with Gasteiger partial charge in [0.1, 0.15) is 5.75 Å². The lowest BCUT2D eigenvalue weighted by molar-refractivity contribution is -0.135. The monoisotopic (exact) mass is 453 g/mol. The van der Waals surface area contributed by atoms with Crippen molar-refractivity contribution in [2.24, 2.45) is 5.92 Å². The minimum Gasteiger partial charge on any atom is -0.497 e. The van der Waals surface area contributed by atoms with Crippen LogP contribution in [0.25, 0.3) is 0 Å². The molecule has 0 bridgehead atoms. The average Bonchev–Trinajstić information content (AvgIpc) is 2.88. The number of carbonyl (C=O) groups is 3. The van der Waals surface area contributed by atoms with Crippen molar-refractivity contribution in [1.29, 1.82) is 0 Å². The van der Waals surface area contributed by atoms with E-state index in [0.29, 0.717) is 31.6 Å². The normalized spacial score (nSPS) is 19.0. The van der Waals surface area contributed by atoms with Crippen LogP contribution in [-0.4, -0.2) is 54.5 Å². The van der Waals surface area contributed by atoms with Crippen LogP contribution in [0.3, 0.4) is 0 Å². The Labute approximate surface area is 193 Å². The van der Waals surface area contributed by atoms with Gasteiger partial charge in [-0.3, -0.25) is 14.6 Å². The first-order valence-electron chi connectivity index (χ1n) is 11.1. The highest BCUT2D eigenvalue weighted by Gasteiger charge is 2.27. The van der Waals surface area contributed by atoms with Crippen molar-refractivity contribution in [2.45, 2.75) is 38.3 Å². The van der Waals surface area contributed by atoms with Crippen LogP contribution in [0.4, 0.5) is 10.5 Å². The SMILES string of the molecule is COc1ccc(CNC(=O)C2CCCC(NC(=O)Nc3cccnc3)CN(C)C(=O)C2)cc1. The second kappa shape index (κ2) is 11.8. The fourth-order valence-electron chi connectivity index (χ4n) is 3.81. The molecule has 33 heavy (non-hydrogen) atoms. The number of anilines is 1. The van der Waals surface area contributed by atoms with Crippen molar-refractivity contribution < 1.29 is 19.1 Å². The summed E-state index contributed by atoms with van der Waals surface area (Å²) in [6.45, 7) is 0.779. The van der Waals surface area contributed by atoms with E-state index in [0.717, 1.165) is 17.7 Å². The van der Waals surface area contributed by atoms with Crippen molar-refractivity contribution in [3.8, 4) is 5.75 Å². The minimum atomic E-state index is -0.402. The second-order valence-electron chi connectivity index (χ2n) is 8.21. The summed E-state index contributed by atoms with van der Waals surface area (Å²) in [5.74, 6) is 0.114. The van der Waals surface area contributed by atoms with Crippen LogP contribution in [0, 0.1) is 5.92 Å². The maximum Gasteiger partial charge on any atom is 0.319 e. The van der Waals surface area contributed by atoms with Crippen LogP contribution in [0.2, 0.25) is 0 Å². The number of benzene rings is 1. The zero-order valence-corrected chi connectivity index (χ0v) is 19.0. The Bertz CT molecular complexity index is 936. The van der Waals surface area contributed by atoms with Crippen LogP contribution in [0.15, 0.2) is 48.8 Å². The van der Waals surface area contributed by atoms with Crippen LogP contribution in [0.5, 0.6) is 5.75 Å². The standard InChI is InChI=1S/C24H31N5O4/c1-29-16-20(28-24(32)27-19-7-4-12-25-15-19)6-3-5-18(13-22(29)30)23(31)26-14-17-8-10-21(33-2)11-9-17/h4,7-12,15,18,20H,3,5-6,13-14,16H2,1-2H3,(H,26,31)(H2,27,28,32). The lowest BCUT2D eigenvalue weighted by Crippen LogP contribution is -2.45. The lowest BCUT2D eigenvalue weighted by atomic mass is 9.96. The molecular weight excluding hydrogens is 422 g/mol. The van der Waals surface area contributed by atoms with Crippen molar-refractivity contribution in [1.82, 2.24) is 20.5 Å². The van der Waals surface area contributed by atoms with E-state index in [1.165, 1.54) is 0 Å². The Morgan fingerprint density at radius 2 is 1.97 bits per heavy atom. The summed E-state index contributed by atoms with van der Waals surface area (Å²) in [5.41, 5.74) is 1.55. The number of methoxy groups -OCH3 is 1. The molecule has 0 radical (unpaired) electrons.